The Morgan fingerprint density at radius 2 is 1.60 bits per heavy atom. The van der Waals surface area contributed by atoms with Crippen molar-refractivity contribution in [2.75, 3.05) is 12.9 Å². The molecule has 1 aromatic heterocycles. The van der Waals surface area contributed by atoms with Gasteiger partial charge in [0.05, 0.1) is 6.61 Å². The highest BCUT2D eigenvalue weighted by molar-refractivity contribution is 7.99. The fraction of sp³-hybridized carbons (Fsp3) is 0.182. The first-order chi connectivity index (χ1) is 14.0. The summed E-state index contributed by atoms with van der Waals surface area (Å²) in [7, 11) is -2.48. The van der Waals surface area contributed by atoms with Crippen LogP contribution in [0.5, 0.6) is 5.88 Å². The van der Waals surface area contributed by atoms with Crippen LogP contribution in [0.3, 0.4) is 0 Å². The Bertz CT molecular complexity index is 1150. The third kappa shape index (κ3) is 4.64. The lowest BCUT2D eigenvalue weighted by molar-refractivity contribution is -0.140. The van der Waals surface area contributed by atoms with Crippen LogP contribution >= 0.6 is 0 Å². The summed E-state index contributed by atoms with van der Waals surface area (Å²) in [6.07, 6.45) is -3.29. The molecule has 1 heterocycles. The molecule has 0 saturated carbocycles. The molecule has 2 aromatic carbocycles. The molecule has 0 fully saturated rings. The van der Waals surface area contributed by atoms with Crippen molar-refractivity contribution in [2.45, 2.75) is 18.0 Å². The van der Waals surface area contributed by atoms with Crippen molar-refractivity contribution in [3.63, 3.8) is 0 Å². The highest BCUT2D eigenvalue weighted by Gasteiger charge is 2.38. The van der Waals surface area contributed by atoms with Crippen molar-refractivity contribution in [2.24, 2.45) is 0 Å². The zero-order valence-electron chi connectivity index (χ0n) is 16.3. The molecule has 0 aliphatic carbocycles. The molecule has 0 N–H and O–H groups in total. The third-order valence-electron chi connectivity index (χ3n) is 4.35. The molecular formula is C22H19F4NO2S. The molecule has 158 valence electrons. The highest BCUT2D eigenvalue weighted by atomic mass is 32.2. The van der Waals surface area contributed by atoms with E-state index in [9.17, 15) is 21.8 Å². The van der Waals surface area contributed by atoms with E-state index in [1.165, 1.54) is 24.5 Å². The number of alkyl halides is 3. The smallest absolute Gasteiger partial charge is 0.434 e. The Labute approximate surface area is 172 Å². The van der Waals surface area contributed by atoms with E-state index in [0.29, 0.717) is 10.5 Å². The van der Waals surface area contributed by atoms with Crippen molar-refractivity contribution in [1.29, 1.82) is 0 Å². The van der Waals surface area contributed by atoms with Gasteiger partial charge in [0, 0.05) is 22.8 Å². The average Bonchev–Trinajstić information content (AvgIpc) is 2.67. The second-order valence-electron chi connectivity index (χ2n) is 6.70. The molecule has 0 bridgehead atoms. The fourth-order valence-corrected chi connectivity index (χ4v) is 3.72. The van der Waals surface area contributed by atoms with E-state index in [-0.39, 0.29) is 29.2 Å². The Kier molecular flexibility index (Phi) is 5.90. The van der Waals surface area contributed by atoms with Gasteiger partial charge in [0.15, 0.2) is 5.69 Å². The molecule has 0 aliphatic rings. The zero-order chi connectivity index (χ0) is 22.1. The van der Waals surface area contributed by atoms with E-state index in [4.69, 9.17) is 4.74 Å². The maximum absolute atomic E-state index is 13.9. The van der Waals surface area contributed by atoms with E-state index in [2.05, 4.69) is 10.9 Å². The Balaban J connectivity index is 2.33. The van der Waals surface area contributed by atoms with Gasteiger partial charge in [0.25, 0.3) is 0 Å². The van der Waals surface area contributed by atoms with Crippen molar-refractivity contribution in [3.05, 3.63) is 66.1 Å². The van der Waals surface area contributed by atoms with Crippen LogP contribution in [0.1, 0.15) is 12.6 Å². The van der Waals surface area contributed by atoms with E-state index in [0.717, 1.165) is 12.1 Å². The largest absolute Gasteiger partial charge is 0.478 e. The summed E-state index contributed by atoms with van der Waals surface area (Å²) in [5.41, 5.74) is -0.503. The summed E-state index contributed by atoms with van der Waals surface area (Å²) in [5.74, 6) is 2.88. The third-order valence-corrected chi connectivity index (χ3v) is 5.62. The van der Waals surface area contributed by atoms with Crippen molar-refractivity contribution in [3.8, 4) is 28.1 Å². The number of hydrogen-bond acceptors (Lipinski definition) is 3. The molecule has 3 aromatic rings. The van der Waals surface area contributed by atoms with E-state index < -0.39 is 27.2 Å². The summed E-state index contributed by atoms with van der Waals surface area (Å²) >= 11 is 0. The van der Waals surface area contributed by atoms with Gasteiger partial charge in [-0.25, -0.2) is 9.37 Å². The monoisotopic (exact) mass is 437 g/mol. The molecule has 1 atom stereocenters. The van der Waals surface area contributed by atoms with Crippen LogP contribution in [0.15, 0.2) is 59.5 Å². The van der Waals surface area contributed by atoms with E-state index in [1.54, 1.807) is 31.2 Å². The number of benzene rings is 2. The lowest BCUT2D eigenvalue weighted by Crippen LogP contribution is -2.12. The molecule has 1 unspecified atom stereocenters. The molecule has 0 amide bonds. The summed E-state index contributed by atoms with van der Waals surface area (Å²) in [4.78, 5) is 4.16. The van der Waals surface area contributed by atoms with Gasteiger partial charge in [-0.1, -0.05) is 24.3 Å². The van der Waals surface area contributed by atoms with Gasteiger partial charge in [0.2, 0.25) is 5.88 Å². The number of aromatic nitrogens is 1. The molecule has 0 aliphatic heterocycles. The van der Waals surface area contributed by atoms with Gasteiger partial charge >= 0.3 is 6.18 Å². The Hall–Kier alpha value is -2.87. The SMILES string of the molecule is C=S(C)(=O)c1ccc(-c2cc(OCC)nc(C(F)(F)F)c2-c2ccc(F)cc2)cc1. The molecule has 0 saturated heterocycles. The molecule has 3 nitrogen and oxygen atoms in total. The summed E-state index contributed by atoms with van der Waals surface area (Å²) in [5, 5.41) is 0. The maximum atomic E-state index is 13.9. The first-order valence-corrected chi connectivity index (χ1v) is 11.1. The number of pyridine rings is 1. The minimum absolute atomic E-state index is 0.137. The molecule has 30 heavy (non-hydrogen) atoms. The second-order valence-corrected chi connectivity index (χ2v) is 9.18. The number of hydrogen-bond donors (Lipinski definition) is 0. The first kappa shape index (κ1) is 21.8. The van der Waals surface area contributed by atoms with Crippen LogP contribution in [0.2, 0.25) is 0 Å². The van der Waals surface area contributed by atoms with E-state index in [1.807, 2.05) is 0 Å². The Morgan fingerprint density at radius 3 is 2.10 bits per heavy atom. The van der Waals surface area contributed by atoms with Gasteiger partial charge in [-0.3, -0.25) is 4.21 Å². The summed E-state index contributed by atoms with van der Waals surface area (Å²) < 4.78 is 72.5. The summed E-state index contributed by atoms with van der Waals surface area (Å²) in [6.45, 7) is 1.78. The van der Waals surface area contributed by atoms with Crippen LogP contribution in [0.4, 0.5) is 17.6 Å². The van der Waals surface area contributed by atoms with Crippen molar-refractivity contribution < 1.29 is 26.5 Å². The van der Waals surface area contributed by atoms with Crippen LogP contribution in [-0.2, 0) is 15.7 Å². The zero-order valence-corrected chi connectivity index (χ0v) is 17.1. The molecule has 0 spiro atoms. The maximum Gasteiger partial charge on any atom is 0.434 e. The minimum atomic E-state index is -4.77. The lowest BCUT2D eigenvalue weighted by Gasteiger charge is -2.19. The van der Waals surface area contributed by atoms with Crippen LogP contribution < -0.4 is 4.74 Å². The van der Waals surface area contributed by atoms with E-state index >= 15 is 0 Å². The van der Waals surface area contributed by atoms with Gasteiger partial charge in [0.1, 0.15) is 5.82 Å². The van der Waals surface area contributed by atoms with Gasteiger partial charge in [-0.05, 0) is 63.3 Å². The standard InChI is InChI=1S/C22H19F4NO2S/c1-4-29-19-13-18(14-7-11-17(12-8-14)30(2,3)28)20(21(27-19)22(24,25)26)15-5-9-16(23)10-6-15/h5-13H,2,4H2,1,3H3. The van der Waals surface area contributed by atoms with Crippen LogP contribution in [-0.4, -0.2) is 27.9 Å². The number of nitrogens with zero attached hydrogens (tertiary/aromatic N) is 1. The Morgan fingerprint density at radius 1 is 1.03 bits per heavy atom. The normalized spacial score (nSPS) is 13.7. The highest BCUT2D eigenvalue weighted by Crippen LogP contribution is 2.43. The number of halogens is 4. The van der Waals surface area contributed by atoms with Gasteiger partial charge < -0.3 is 4.74 Å². The number of ether oxygens (including phenoxy) is 1. The molecular weight excluding hydrogens is 418 g/mol. The fourth-order valence-electron chi connectivity index (χ4n) is 3.01. The quantitative estimate of drug-likeness (QED) is 0.381. The predicted molar refractivity (Wildman–Crippen MR) is 111 cm³/mol. The van der Waals surface area contributed by atoms with Crippen LogP contribution in [0.25, 0.3) is 22.3 Å². The van der Waals surface area contributed by atoms with Gasteiger partial charge in [-0.15, -0.1) is 0 Å². The molecule has 8 heteroatoms. The second kappa shape index (κ2) is 8.10. The van der Waals surface area contributed by atoms with Crippen molar-refractivity contribution >= 4 is 15.4 Å². The first-order valence-electron chi connectivity index (χ1n) is 8.94. The van der Waals surface area contributed by atoms with Crippen LogP contribution in [0, 0.1) is 5.82 Å². The number of rotatable bonds is 5. The van der Waals surface area contributed by atoms with Gasteiger partial charge in [-0.2, -0.15) is 13.2 Å². The topological polar surface area (TPSA) is 39.2 Å². The lowest BCUT2D eigenvalue weighted by atomic mass is 9.93. The minimum Gasteiger partial charge on any atom is -0.478 e. The summed E-state index contributed by atoms with van der Waals surface area (Å²) in [6, 6.07) is 12.4. The van der Waals surface area contributed by atoms with Crippen molar-refractivity contribution in [1.82, 2.24) is 4.98 Å². The molecule has 3 rings (SSSR count). The average molecular weight is 437 g/mol. The molecule has 0 radical (unpaired) electrons. The predicted octanol–water partition coefficient (Wildman–Crippen LogP) is 5.68.